The summed E-state index contributed by atoms with van der Waals surface area (Å²) >= 11 is 0. The van der Waals surface area contributed by atoms with Crippen LogP contribution in [0.25, 0.3) is 6.08 Å². The minimum atomic E-state index is -0.0632. The molecule has 1 amide bonds. The van der Waals surface area contributed by atoms with E-state index >= 15 is 0 Å². The van der Waals surface area contributed by atoms with Gasteiger partial charge in [0.15, 0.2) is 11.5 Å². The molecule has 1 aliphatic heterocycles. The number of amides is 1. The van der Waals surface area contributed by atoms with Crippen molar-refractivity contribution in [1.82, 2.24) is 9.80 Å². The van der Waals surface area contributed by atoms with E-state index in [4.69, 9.17) is 14.2 Å². The first-order valence-corrected chi connectivity index (χ1v) is 10.4. The quantitative estimate of drug-likeness (QED) is 0.667. The topological polar surface area (TPSA) is 63.3 Å². The minimum absolute atomic E-state index is 0.0632. The number of ether oxygens (including phenoxy) is 3. The molecule has 3 rings (SSSR count). The maximum absolute atomic E-state index is 12.6. The zero-order chi connectivity index (χ0) is 22.1. The maximum atomic E-state index is 12.6. The van der Waals surface area contributed by atoms with E-state index in [1.165, 1.54) is 5.56 Å². The Morgan fingerprint density at radius 1 is 0.935 bits per heavy atom. The predicted molar refractivity (Wildman–Crippen MR) is 123 cm³/mol. The zero-order valence-electron chi connectivity index (χ0n) is 18.5. The highest BCUT2D eigenvalue weighted by Gasteiger charge is 2.19. The van der Waals surface area contributed by atoms with Gasteiger partial charge in [-0.2, -0.15) is 0 Å². The number of methoxy groups -OCH3 is 3. The lowest BCUT2D eigenvalue weighted by atomic mass is 10.2. The molecule has 1 fully saturated rings. The van der Waals surface area contributed by atoms with Gasteiger partial charge in [0.25, 0.3) is 0 Å². The van der Waals surface area contributed by atoms with Crippen molar-refractivity contribution >= 4 is 17.7 Å². The van der Waals surface area contributed by atoms with Crippen molar-refractivity contribution in [1.29, 1.82) is 0 Å². The smallest absolute Gasteiger partial charge is 0.238 e. The monoisotopic (exact) mass is 425 g/mol. The Bertz CT molecular complexity index is 853. The fraction of sp³-hybridized carbons (Fsp3) is 0.375. The third-order valence-electron chi connectivity index (χ3n) is 5.25. The van der Waals surface area contributed by atoms with Crippen molar-refractivity contribution in [2.45, 2.75) is 0 Å². The molecule has 0 aliphatic carbocycles. The SMILES string of the molecule is COc1cc(NC(=O)CN2CCN(C/C=C/c3ccccc3)CC2)cc(OC)c1OC. The number of nitrogens with one attached hydrogen (secondary N) is 1. The lowest BCUT2D eigenvalue weighted by molar-refractivity contribution is -0.117. The first-order chi connectivity index (χ1) is 15.1. The molecule has 31 heavy (non-hydrogen) atoms. The molecule has 0 saturated carbocycles. The summed E-state index contributed by atoms with van der Waals surface area (Å²) in [5.74, 6) is 1.45. The number of carbonyl (C=O) groups excluding carboxylic acids is 1. The molecule has 7 heteroatoms. The van der Waals surface area contributed by atoms with Gasteiger partial charge < -0.3 is 19.5 Å². The molecule has 7 nitrogen and oxygen atoms in total. The Balaban J connectivity index is 1.46. The number of rotatable bonds is 9. The van der Waals surface area contributed by atoms with Crippen LogP contribution in [0.15, 0.2) is 48.5 Å². The van der Waals surface area contributed by atoms with Crippen LogP contribution < -0.4 is 19.5 Å². The summed E-state index contributed by atoms with van der Waals surface area (Å²) < 4.78 is 16.0. The summed E-state index contributed by atoms with van der Waals surface area (Å²) in [6.07, 6.45) is 4.35. The Morgan fingerprint density at radius 3 is 2.13 bits per heavy atom. The van der Waals surface area contributed by atoms with Crippen molar-refractivity contribution in [2.75, 3.05) is 65.9 Å². The van der Waals surface area contributed by atoms with E-state index in [-0.39, 0.29) is 5.91 Å². The molecule has 1 heterocycles. The molecule has 0 aromatic heterocycles. The normalized spacial score (nSPS) is 15.1. The lowest BCUT2D eigenvalue weighted by Crippen LogP contribution is -2.48. The summed E-state index contributed by atoms with van der Waals surface area (Å²) in [6.45, 7) is 4.88. The number of anilines is 1. The van der Waals surface area contributed by atoms with Gasteiger partial charge >= 0.3 is 0 Å². The van der Waals surface area contributed by atoms with Crippen LogP contribution in [0.1, 0.15) is 5.56 Å². The van der Waals surface area contributed by atoms with Crippen LogP contribution >= 0.6 is 0 Å². The third-order valence-corrected chi connectivity index (χ3v) is 5.25. The standard InChI is InChI=1S/C24H31N3O4/c1-29-21-16-20(17-22(30-2)24(21)31-3)25-23(28)18-27-14-12-26(13-15-27)11-7-10-19-8-5-4-6-9-19/h4-10,16-17H,11-15,18H2,1-3H3,(H,25,28)/b10-7+. The largest absolute Gasteiger partial charge is 0.493 e. The van der Waals surface area contributed by atoms with Gasteiger partial charge in [-0.3, -0.25) is 14.6 Å². The van der Waals surface area contributed by atoms with E-state index in [0.29, 0.717) is 29.5 Å². The van der Waals surface area contributed by atoms with Gasteiger partial charge in [0.1, 0.15) is 0 Å². The first kappa shape index (κ1) is 22.7. The van der Waals surface area contributed by atoms with Gasteiger partial charge in [0, 0.05) is 50.5 Å². The molecule has 1 N–H and O–H groups in total. The van der Waals surface area contributed by atoms with Gasteiger partial charge in [0.05, 0.1) is 27.9 Å². The van der Waals surface area contributed by atoms with E-state index in [1.807, 2.05) is 18.2 Å². The molecule has 166 valence electrons. The second kappa shape index (κ2) is 11.4. The van der Waals surface area contributed by atoms with E-state index in [1.54, 1.807) is 33.5 Å². The van der Waals surface area contributed by atoms with Gasteiger partial charge in [-0.25, -0.2) is 0 Å². The Labute approximate surface area is 184 Å². The van der Waals surface area contributed by atoms with Crippen LogP contribution in [0.3, 0.4) is 0 Å². The molecule has 2 aromatic carbocycles. The average Bonchev–Trinajstić information content (AvgIpc) is 2.80. The van der Waals surface area contributed by atoms with Crippen molar-refractivity contribution in [2.24, 2.45) is 0 Å². The van der Waals surface area contributed by atoms with Crippen molar-refractivity contribution in [3.8, 4) is 17.2 Å². The van der Waals surface area contributed by atoms with Gasteiger partial charge in [-0.1, -0.05) is 42.5 Å². The number of piperazine rings is 1. The molecule has 0 atom stereocenters. The predicted octanol–water partition coefficient (Wildman–Crippen LogP) is 2.98. The number of carbonyl (C=O) groups is 1. The van der Waals surface area contributed by atoms with E-state index in [0.717, 1.165) is 32.7 Å². The molecule has 1 saturated heterocycles. The van der Waals surface area contributed by atoms with Crippen molar-refractivity contribution in [3.63, 3.8) is 0 Å². The minimum Gasteiger partial charge on any atom is -0.493 e. The fourth-order valence-corrected chi connectivity index (χ4v) is 3.59. The van der Waals surface area contributed by atoms with Crippen LogP contribution in [-0.2, 0) is 4.79 Å². The second-order valence-electron chi connectivity index (χ2n) is 7.35. The highest BCUT2D eigenvalue weighted by atomic mass is 16.5. The van der Waals surface area contributed by atoms with Crippen LogP contribution in [0.2, 0.25) is 0 Å². The van der Waals surface area contributed by atoms with E-state index in [9.17, 15) is 4.79 Å². The van der Waals surface area contributed by atoms with Crippen molar-refractivity contribution in [3.05, 3.63) is 54.1 Å². The molecule has 1 aliphatic rings. The van der Waals surface area contributed by atoms with Gasteiger partial charge in [-0.15, -0.1) is 0 Å². The average molecular weight is 426 g/mol. The fourth-order valence-electron chi connectivity index (χ4n) is 3.59. The van der Waals surface area contributed by atoms with Crippen molar-refractivity contribution < 1.29 is 19.0 Å². The van der Waals surface area contributed by atoms with Crippen LogP contribution in [-0.4, -0.2) is 76.3 Å². The molecule has 0 unspecified atom stereocenters. The van der Waals surface area contributed by atoms with Crippen LogP contribution in [0.5, 0.6) is 17.2 Å². The lowest BCUT2D eigenvalue weighted by Gasteiger charge is -2.33. The maximum Gasteiger partial charge on any atom is 0.238 e. The Hall–Kier alpha value is -3.03. The number of benzene rings is 2. The first-order valence-electron chi connectivity index (χ1n) is 10.4. The van der Waals surface area contributed by atoms with E-state index in [2.05, 4.69) is 39.4 Å². The molecule has 0 radical (unpaired) electrons. The molecular formula is C24H31N3O4. The molecule has 0 bridgehead atoms. The summed E-state index contributed by atoms with van der Waals surface area (Å²) in [7, 11) is 4.66. The Morgan fingerprint density at radius 2 is 1.55 bits per heavy atom. The number of hydrogen-bond donors (Lipinski definition) is 1. The second-order valence-corrected chi connectivity index (χ2v) is 7.35. The molecular weight excluding hydrogens is 394 g/mol. The van der Waals surface area contributed by atoms with Gasteiger partial charge in [0.2, 0.25) is 11.7 Å². The molecule has 2 aromatic rings. The highest BCUT2D eigenvalue weighted by Crippen LogP contribution is 2.39. The number of nitrogens with zero attached hydrogens (tertiary/aromatic N) is 2. The Kier molecular flexibility index (Phi) is 8.32. The van der Waals surface area contributed by atoms with Crippen LogP contribution in [0.4, 0.5) is 5.69 Å². The van der Waals surface area contributed by atoms with E-state index < -0.39 is 0 Å². The summed E-state index contributed by atoms with van der Waals surface area (Å²) in [6, 6.07) is 13.8. The van der Waals surface area contributed by atoms with Crippen LogP contribution in [0, 0.1) is 0 Å². The van der Waals surface area contributed by atoms with Gasteiger partial charge in [-0.05, 0) is 5.56 Å². The highest BCUT2D eigenvalue weighted by molar-refractivity contribution is 5.93. The summed E-state index contributed by atoms with van der Waals surface area (Å²) in [5, 5.41) is 2.93. The summed E-state index contributed by atoms with van der Waals surface area (Å²) in [5.41, 5.74) is 1.83. The number of hydrogen-bond acceptors (Lipinski definition) is 6. The molecule has 0 spiro atoms. The summed E-state index contributed by atoms with van der Waals surface area (Å²) in [4.78, 5) is 17.1. The zero-order valence-corrected chi connectivity index (χ0v) is 18.5. The third kappa shape index (κ3) is 6.47.